The van der Waals surface area contributed by atoms with Crippen molar-refractivity contribution in [2.24, 2.45) is 4.99 Å². The summed E-state index contributed by atoms with van der Waals surface area (Å²) in [7, 11) is 0. The Kier molecular flexibility index (Phi) is 4.20. The molecule has 0 amide bonds. The molecule has 3 aromatic rings. The highest BCUT2D eigenvalue weighted by molar-refractivity contribution is 7.15. The van der Waals surface area contributed by atoms with Gasteiger partial charge in [-0.05, 0) is 51.0 Å². The molecule has 4 rings (SSSR count). The van der Waals surface area contributed by atoms with Gasteiger partial charge in [0.15, 0.2) is 5.82 Å². The van der Waals surface area contributed by atoms with Crippen LogP contribution in [0.15, 0.2) is 23.2 Å². The summed E-state index contributed by atoms with van der Waals surface area (Å²) < 4.78 is 16.8. The van der Waals surface area contributed by atoms with Gasteiger partial charge in [0.1, 0.15) is 22.7 Å². The summed E-state index contributed by atoms with van der Waals surface area (Å²) in [6.45, 7) is 8.11. The molecule has 0 aliphatic carbocycles. The Bertz CT molecular complexity index is 1050. The maximum atomic E-state index is 14.8. The second-order valence-corrected chi connectivity index (χ2v) is 8.07. The number of halogens is 2. The van der Waals surface area contributed by atoms with Gasteiger partial charge < -0.3 is 0 Å². The van der Waals surface area contributed by atoms with Gasteiger partial charge in [-0.1, -0.05) is 18.5 Å². The summed E-state index contributed by atoms with van der Waals surface area (Å²) in [5.41, 5.74) is 3.18. The van der Waals surface area contributed by atoms with E-state index in [4.69, 9.17) is 16.6 Å². The van der Waals surface area contributed by atoms with Crippen LogP contribution in [0, 0.1) is 26.6 Å². The number of thiophene rings is 1. The molecule has 1 unspecified atom stereocenters. The molecule has 1 aliphatic rings. The molecule has 1 aromatic carbocycles. The first-order valence-corrected chi connectivity index (χ1v) is 9.67. The predicted octanol–water partition coefficient (Wildman–Crippen LogP) is 5.35. The first kappa shape index (κ1) is 17.4. The van der Waals surface area contributed by atoms with Crippen molar-refractivity contribution in [2.45, 2.75) is 40.2 Å². The maximum absolute atomic E-state index is 14.8. The van der Waals surface area contributed by atoms with Crippen molar-refractivity contribution in [1.82, 2.24) is 14.8 Å². The largest absolute Gasteiger partial charge is 0.272 e. The molecule has 134 valence electrons. The van der Waals surface area contributed by atoms with E-state index in [-0.39, 0.29) is 11.9 Å². The zero-order chi connectivity index (χ0) is 18.6. The van der Waals surface area contributed by atoms with Gasteiger partial charge in [-0.3, -0.25) is 9.56 Å². The van der Waals surface area contributed by atoms with Crippen LogP contribution in [-0.2, 0) is 0 Å². The van der Waals surface area contributed by atoms with Crippen LogP contribution in [-0.4, -0.2) is 20.5 Å². The highest BCUT2D eigenvalue weighted by Crippen LogP contribution is 2.39. The van der Waals surface area contributed by atoms with Gasteiger partial charge in [-0.25, -0.2) is 4.39 Å². The molecule has 3 heterocycles. The highest BCUT2D eigenvalue weighted by atomic mass is 35.5. The molecular weight excluding hydrogens is 371 g/mol. The van der Waals surface area contributed by atoms with Crippen LogP contribution in [0.4, 0.5) is 4.39 Å². The third-order valence-electron chi connectivity index (χ3n) is 4.81. The van der Waals surface area contributed by atoms with Crippen molar-refractivity contribution in [3.63, 3.8) is 0 Å². The molecule has 0 N–H and O–H groups in total. The second kappa shape index (κ2) is 6.28. The number of aromatic nitrogens is 3. The summed E-state index contributed by atoms with van der Waals surface area (Å²) in [4.78, 5) is 6.11. The Balaban J connectivity index is 2.08. The molecule has 0 saturated heterocycles. The molecule has 7 heteroatoms. The summed E-state index contributed by atoms with van der Waals surface area (Å²) >= 11 is 7.62. The topological polar surface area (TPSA) is 43.1 Å². The van der Waals surface area contributed by atoms with E-state index in [1.807, 2.05) is 6.92 Å². The molecule has 26 heavy (non-hydrogen) atoms. The van der Waals surface area contributed by atoms with Gasteiger partial charge in [0.25, 0.3) is 0 Å². The SMILES string of the molecule is CCC1N=C(c2ccc(Cl)cc2F)c2c(sc(C)c2C)-n2c(C)nnc21. The van der Waals surface area contributed by atoms with E-state index in [1.165, 1.54) is 10.9 Å². The lowest BCUT2D eigenvalue weighted by Gasteiger charge is -2.11. The van der Waals surface area contributed by atoms with E-state index in [0.29, 0.717) is 16.3 Å². The first-order chi connectivity index (χ1) is 12.4. The zero-order valence-electron chi connectivity index (χ0n) is 15.0. The van der Waals surface area contributed by atoms with Crippen molar-refractivity contribution in [1.29, 1.82) is 0 Å². The third-order valence-corrected chi connectivity index (χ3v) is 6.24. The zero-order valence-corrected chi connectivity index (χ0v) is 16.5. The Labute approximate surface area is 160 Å². The van der Waals surface area contributed by atoms with Crippen molar-refractivity contribution < 1.29 is 4.39 Å². The van der Waals surface area contributed by atoms with Gasteiger partial charge >= 0.3 is 0 Å². The van der Waals surface area contributed by atoms with Crippen LogP contribution in [0.2, 0.25) is 5.02 Å². The summed E-state index contributed by atoms with van der Waals surface area (Å²) in [6, 6.07) is 4.57. The van der Waals surface area contributed by atoms with Crippen LogP contribution in [0.3, 0.4) is 0 Å². The molecular formula is C19H18ClFN4S. The molecule has 4 nitrogen and oxygen atoms in total. The Morgan fingerprint density at radius 1 is 1.23 bits per heavy atom. The quantitative estimate of drug-likeness (QED) is 0.594. The van der Waals surface area contributed by atoms with Crippen molar-refractivity contribution in [3.05, 3.63) is 62.3 Å². The van der Waals surface area contributed by atoms with Crippen LogP contribution in [0.5, 0.6) is 0 Å². The summed E-state index contributed by atoms with van der Waals surface area (Å²) in [5, 5.41) is 10.0. The number of hydrogen-bond donors (Lipinski definition) is 0. The maximum Gasteiger partial charge on any atom is 0.163 e. The average Bonchev–Trinajstić information content (AvgIpc) is 3.06. The van der Waals surface area contributed by atoms with Gasteiger partial charge in [0.2, 0.25) is 0 Å². The van der Waals surface area contributed by atoms with E-state index in [2.05, 4.69) is 35.5 Å². The monoisotopic (exact) mass is 388 g/mol. The van der Waals surface area contributed by atoms with Crippen LogP contribution in [0.1, 0.15) is 52.6 Å². The predicted molar refractivity (Wildman–Crippen MR) is 104 cm³/mol. The molecule has 0 spiro atoms. The van der Waals surface area contributed by atoms with E-state index in [0.717, 1.165) is 34.2 Å². The minimum Gasteiger partial charge on any atom is -0.272 e. The van der Waals surface area contributed by atoms with Crippen LogP contribution in [0.25, 0.3) is 5.00 Å². The van der Waals surface area contributed by atoms with Crippen molar-refractivity contribution in [2.75, 3.05) is 0 Å². The number of benzene rings is 1. The lowest BCUT2D eigenvalue weighted by atomic mass is 9.99. The highest BCUT2D eigenvalue weighted by Gasteiger charge is 2.31. The molecule has 0 radical (unpaired) electrons. The van der Waals surface area contributed by atoms with Crippen LogP contribution >= 0.6 is 22.9 Å². The standard InChI is InChI=1S/C19H18ClFN4S/c1-5-15-18-24-23-11(4)25(18)19-16(9(2)10(3)26-19)17(22-15)13-7-6-12(20)8-14(13)21/h6-8,15H,5H2,1-4H3. The number of aliphatic imine (C=N–C) groups is 1. The average molecular weight is 389 g/mol. The van der Waals surface area contributed by atoms with E-state index in [9.17, 15) is 4.39 Å². The van der Waals surface area contributed by atoms with Gasteiger partial charge in [-0.2, -0.15) is 0 Å². The fraction of sp³-hybridized carbons (Fsp3) is 0.316. The van der Waals surface area contributed by atoms with Crippen molar-refractivity contribution in [3.8, 4) is 5.00 Å². The molecule has 1 aliphatic heterocycles. The second-order valence-electron chi connectivity index (χ2n) is 6.43. The smallest absolute Gasteiger partial charge is 0.163 e. The minimum absolute atomic E-state index is 0.180. The Hall–Kier alpha value is -2.05. The summed E-state index contributed by atoms with van der Waals surface area (Å²) in [6.07, 6.45) is 0.754. The Morgan fingerprint density at radius 3 is 2.69 bits per heavy atom. The first-order valence-electron chi connectivity index (χ1n) is 8.48. The summed E-state index contributed by atoms with van der Waals surface area (Å²) in [5.74, 6) is 1.25. The van der Waals surface area contributed by atoms with Crippen molar-refractivity contribution >= 4 is 28.6 Å². The van der Waals surface area contributed by atoms with Gasteiger partial charge in [0.05, 0.1) is 5.71 Å². The lowest BCUT2D eigenvalue weighted by Crippen LogP contribution is -2.09. The van der Waals surface area contributed by atoms with E-state index < -0.39 is 0 Å². The number of nitrogens with zero attached hydrogens (tertiary/aromatic N) is 4. The third kappa shape index (κ3) is 2.51. The number of rotatable bonds is 2. The van der Waals surface area contributed by atoms with E-state index in [1.54, 1.807) is 23.5 Å². The molecule has 0 bridgehead atoms. The number of fused-ring (bicyclic) bond motifs is 3. The van der Waals surface area contributed by atoms with Gasteiger partial charge in [0, 0.05) is 21.0 Å². The van der Waals surface area contributed by atoms with E-state index >= 15 is 0 Å². The van der Waals surface area contributed by atoms with Crippen LogP contribution < -0.4 is 0 Å². The van der Waals surface area contributed by atoms with Gasteiger partial charge in [-0.15, -0.1) is 21.5 Å². The minimum atomic E-state index is -0.366. The normalized spacial score (nSPS) is 16.1. The fourth-order valence-electron chi connectivity index (χ4n) is 3.33. The number of hydrogen-bond acceptors (Lipinski definition) is 4. The molecule has 1 atom stereocenters. The molecule has 2 aromatic heterocycles. The lowest BCUT2D eigenvalue weighted by molar-refractivity contribution is 0.622. The fourth-order valence-corrected chi connectivity index (χ4v) is 4.70. The molecule has 0 fully saturated rings. The molecule has 0 saturated carbocycles. The number of aryl methyl sites for hydroxylation is 2. The Morgan fingerprint density at radius 2 is 2.00 bits per heavy atom.